The van der Waals surface area contributed by atoms with Gasteiger partial charge in [0, 0.05) is 19.0 Å². The lowest BCUT2D eigenvalue weighted by atomic mass is 10.2. The number of rotatable bonds is 6. The molecule has 76 valence electrons. The highest BCUT2D eigenvalue weighted by Gasteiger charge is 2.23. The van der Waals surface area contributed by atoms with Gasteiger partial charge < -0.3 is 11.1 Å². The van der Waals surface area contributed by atoms with Gasteiger partial charge in [-0.25, -0.2) is 0 Å². The molecule has 1 fully saturated rings. The van der Waals surface area contributed by atoms with Gasteiger partial charge in [-0.2, -0.15) is 0 Å². The summed E-state index contributed by atoms with van der Waals surface area (Å²) in [6.45, 7) is 2.78. The van der Waals surface area contributed by atoms with Crippen molar-refractivity contribution < 1.29 is 4.79 Å². The van der Waals surface area contributed by atoms with Gasteiger partial charge in [0.2, 0.25) is 5.91 Å². The van der Waals surface area contributed by atoms with E-state index in [2.05, 4.69) is 5.32 Å². The number of amides is 1. The molecule has 0 aromatic rings. The SMILES string of the molecule is CC(N)CCCNC(=O)CC1CC1. The molecule has 1 aliphatic rings. The lowest BCUT2D eigenvalue weighted by Crippen LogP contribution is -2.26. The topological polar surface area (TPSA) is 55.1 Å². The Labute approximate surface area is 80.1 Å². The van der Waals surface area contributed by atoms with E-state index in [0.717, 1.165) is 25.8 Å². The fourth-order valence-corrected chi connectivity index (χ4v) is 1.31. The van der Waals surface area contributed by atoms with Crippen molar-refractivity contribution in [3.05, 3.63) is 0 Å². The molecule has 0 aromatic carbocycles. The van der Waals surface area contributed by atoms with Crippen LogP contribution in [0.2, 0.25) is 0 Å². The smallest absolute Gasteiger partial charge is 0.220 e. The van der Waals surface area contributed by atoms with Gasteiger partial charge in [0.25, 0.3) is 0 Å². The summed E-state index contributed by atoms with van der Waals surface area (Å²) < 4.78 is 0. The molecule has 3 N–H and O–H groups in total. The number of nitrogens with one attached hydrogen (secondary N) is 1. The molecule has 0 bridgehead atoms. The molecule has 13 heavy (non-hydrogen) atoms. The lowest BCUT2D eigenvalue weighted by molar-refractivity contribution is -0.121. The third-order valence-electron chi connectivity index (χ3n) is 2.33. The summed E-state index contributed by atoms with van der Waals surface area (Å²) in [4.78, 5) is 11.2. The molecule has 0 spiro atoms. The monoisotopic (exact) mass is 184 g/mol. The molecule has 1 rings (SSSR count). The predicted molar refractivity (Wildman–Crippen MR) is 53.2 cm³/mol. The van der Waals surface area contributed by atoms with Crippen LogP contribution < -0.4 is 11.1 Å². The minimum atomic E-state index is 0.215. The third kappa shape index (κ3) is 5.64. The molecule has 3 heteroatoms. The second-order valence-corrected chi connectivity index (χ2v) is 4.12. The van der Waals surface area contributed by atoms with Gasteiger partial charge in [-0.1, -0.05) is 0 Å². The molecule has 0 aliphatic heterocycles. The first-order valence-corrected chi connectivity index (χ1v) is 5.20. The van der Waals surface area contributed by atoms with Crippen LogP contribution in [0.15, 0.2) is 0 Å². The van der Waals surface area contributed by atoms with Crippen LogP contribution in [0.5, 0.6) is 0 Å². The predicted octanol–water partition coefficient (Wildman–Crippen LogP) is 1.03. The molecule has 3 nitrogen and oxygen atoms in total. The highest BCUT2D eigenvalue weighted by Crippen LogP contribution is 2.31. The van der Waals surface area contributed by atoms with Crippen molar-refractivity contribution in [3.8, 4) is 0 Å². The first-order chi connectivity index (χ1) is 6.18. The minimum absolute atomic E-state index is 0.215. The maximum atomic E-state index is 11.2. The van der Waals surface area contributed by atoms with E-state index in [1.807, 2.05) is 6.92 Å². The van der Waals surface area contributed by atoms with Gasteiger partial charge in [-0.3, -0.25) is 4.79 Å². The van der Waals surface area contributed by atoms with E-state index < -0.39 is 0 Å². The molecule has 0 heterocycles. The van der Waals surface area contributed by atoms with E-state index in [1.54, 1.807) is 0 Å². The summed E-state index contributed by atoms with van der Waals surface area (Å²) in [5.41, 5.74) is 5.59. The van der Waals surface area contributed by atoms with Crippen molar-refractivity contribution in [1.29, 1.82) is 0 Å². The number of hydrogen-bond acceptors (Lipinski definition) is 2. The van der Waals surface area contributed by atoms with Crippen molar-refractivity contribution in [3.63, 3.8) is 0 Å². The molecule has 1 saturated carbocycles. The van der Waals surface area contributed by atoms with E-state index in [1.165, 1.54) is 12.8 Å². The number of hydrogen-bond donors (Lipinski definition) is 2. The molecule has 1 atom stereocenters. The van der Waals surface area contributed by atoms with Gasteiger partial charge in [0.05, 0.1) is 0 Å². The van der Waals surface area contributed by atoms with E-state index in [4.69, 9.17) is 5.73 Å². The average Bonchev–Trinajstić information content (AvgIpc) is 2.81. The molecule has 1 amide bonds. The number of nitrogens with two attached hydrogens (primary N) is 1. The van der Waals surface area contributed by atoms with Crippen LogP contribution >= 0.6 is 0 Å². The Hall–Kier alpha value is -0.570. The van der Waals surface area contributed by atoms with Crippen LogP contribution in [0.1, 0.15) is 39.0 Å². The van der Waals surface area contributed by atoms with E-state index >= 15 is 0 Å². The van der Waals surface area contributed by atoms with Crippen LogP contribution in [0.3, 0.4) is 0 Å². The zero-order valence-corrected chi connectivity index (χ0v) is 8.38. The van der Waals surface area contributed by atoms with Crippen LogP contribution in [-0.2, 0) is 4.79 Å². The summed E-state index contributed by atoms with van der Waals surface area (Å²) in [6, 6.07) is 0.250. The first kappa shape index (κ1) is 10.5. The van der Waals surface area contributed by atoms with Crippen LogP contribution in [0.4, 0.5) is 0 Å². The zero-order valence-electron chi connectivity index (χ0n) is 8.38. The Morgan fingerprint density at radius 1 is 1.62 bits per heavy atom. The molecular formula is C10H20N2O. The van der Waals surface area contributed by atoms with Crippen molar-refractivity contribution in [1.82, 2.24) is 5.32 Å². The number of carbonyl (C=O) groups excluding carboxylic acids is 1. The first-order valence-electron chi connectivity index (χ1n) is 5.20. The quantitative estimate of drug-likeness (QED) is 0.606. The van der Waals surface area contributed by atoms with Crippen LogP contribution in [0.25, 0.3) is 0 Å². The van der Waals surface area contributed by atoms with Gasteiger partial charge in [-0.15, -0.1) is 0 Å². The van der Waals surface area contributed by atoms with E-state index in [0.29, 0.717) is 5.92 Å². The minimum Gasteiger partial charge on any atom is -0.356 e. The van der Waals surface area contributed by atoms with Gasteiger partial charge in [0.15, 0.2) is 0 Å². The maximum Gasteiger partial charge on any atom is 0.220 e. The summed E-state index contributed by atoms with van der Waals surface area (Å²) in [5.74, 6) is 0.903. The number of carbonyl (C=O) groups is 1. The fraction of sp³-hybridized carbons (Fsp3) is 0.900. The molecule has 1 unspecified atom stereocenters. The van der Waals surface area contributed by atoms with Crippen molar-refractivity contribution in [2.24, 2.45) is 11.7 Å². The molecular weight excluding hydrogens is 164 g/mol. The Morgan fingerprint density at radius 2 is 2.31 bits per heavy atom. The Balaban J connectivity index is 1.89. The molecule has 0 radical (unpaired) electrons. The van der Waals surface area contributed by atoms with Crippen molar-refractivity contribution in [2.75, 3.05) is 6.54 Å². The van der Waals surface area contributed by atoms with Crippen LogP contribution in [-0.4, -0.2) is 18.5 Å². The zero-order chi connectivity index (χ0) is 9.68. The maximum absolute atomic E-state index is 11.2. The Morgan fingerprint density at radius 3 is 2.85 bits per heavy atom. The second kappa shape index (κ2) is 5.22. The largest absolute Gasteiger partial charge is 0.356 e. The summed E-state index contributed by atoms with van der Waals surface area (Å²) in [6.07, 6.45) is 5.20. The van der Waals surface area contributed by atoms with Crippen molar-refractivity contribution >= 4 is 5.91 Å². The molecule has 0 aromatic heterocycles. The Bertz CT molecular complexity index is 164. The van der Waals surface area contributed by atoms with Crippen molar-refractivity contribution in [2.45, 2.75) is 45.1 Å². The highest BCUT2D eigenvalue weighted by atomic mass is 16.1. The fourth-order valence-electron chi connectivity index (χ4n) is 1.31. The van der Waals surface area contributed by atoms with Gasteiger partial charge in [-0.05, 0) is 38.5 Å². The standard InChI is InChI=1S/C10H20N2O/c1-8(11)3-2-6-12-10(13)7-9-4-5-9/h8-9H,2-7,11H2,1H3,(H,12,13). The third-order valence-corrected chi connectivity index (χ3v) is 2.33. The Kier molecular flexibility index (Phi) is 4.22. The summed E-state index contributed by atoms with van der Waals surface area (Å²) in [7, 11) is 0. The normalized spacial score (nSPS) is 18.3. The molecule has 1 aliphatic carbocycles. The summed E-state index contributed by atoms with van der Waals surface area (Å²) >= 11 is 0. The summed E-state index contributed by atoms with van der Waals surface area (Å²) in [5, 5.41) is 2.91. The van der Waals surface area contributed by atoms with Gasteiger partial charge in [0.1, 0.15) is 0 Å². The highest BCUT2D eigenvalue weighted by molar-refractivity contribution is 5.76. The van der Waals surface area contributed by atoms with Crippen LogP contribution in [0, 0.1) is 5.92 Å². The molecule has 0 saturated heterocycles. The van der Waals surface area contributed by atoms with E-state index in [-0.39, 0.29) is 11.9 Å². The van der Waals surface area contributed by atoms with Gasteiger partial charge >= 0.3 is 0 Å². The lowest BCUT2D eigenvalue weighted by Gasteiger charge is -2.06. The van der Waals surface area contributed by atoms with E-state index in [9.17, 15) is 4.79 Å². The second-order valence-electron chi connectivity index (χ2n) is 4.12. The average molecular weight is 184 g/mol.